The predicted octanol–water partition coefficient (Wildman–Crippen LogP) is 2.49. The van der Waals surface area contributed by atoms with Crippen LogP contribution in [-0.4, -0.2) is 72.6 Å². The summed E-state index contributed by atoms with van der Waals surface area (Å²) in [6.07, 6.45) is 6.57. The van der Waals surface area contributed by atoms with Gasteiger partial charge in [0.2, 0.25) is 6.29 Å². The summed E-state index contributed by atoms with van der Waals surface area (Å²) >= 11 is 0. The summed E-state index contributed by atoms with van der Waals surface area (Å²) in [4.78, 5) is 46.0. The molecule has 0 saturated carbocycles. The van der Waals surface area contributed by atoms with E-state index in [-0.39, 0.29) is 13.0 Å². The number of carbonyl (C=O) groups is 4. The Balaban J connectivity index is 0.00000110. The molecule has 0 bridgehead atoms. The molecule has 0 radical (unpaired) electrons. The third-order valence-electron chi connectivity index (χ3n) is 4.52. The zero-order chi connectivity index (χ0) is 29.8. The van der Waals surface area contributed by atoms with Crippen LogP contribution in [0.5, 0.6) is 11.5 Å². The van der Waals surface area contributed by atoms with Crippen molar-refractivity contribution in [2.24, 2.45) is 7.05 Å². The van der Waals surface area contributed by atoms with Gasteiger partial charge >= 0.3 is 17.9 Å². The molecule has 0 spiro atoms. The normalized spacial score (nSPS) is 18.9. The van der Waals surface area contributed by atoms with Crippen LogP contribution in [0.15, 0.2) is 43.0 Å². The molecule has 1 fully saturated rings. The monoisotopic (exact) mass is 548 g/mol. The van der Waals surface area contributed by atoms with Crippen molar-refractivity contribution in [1.82, 2.24) is 9.55 Å². The van der Waals surface area contributed by atoms with E-state index < -0.39 is 42.5 Å². The van der Waals surface area contributed by atoms with Gasteiger partial charge in [0.1, 0.15) is 25.6 Å². The summed E-state index contributed by atoms with van der Waals surface area (Å²) in [5.41, 5.74) is 0. The van der Waals surface area contributed by atoms with Gasteiger partial charge in [0, 0.05) is 40.2 Å². The average molecular weight is 549 g/mol. The minimum Gasteiger partial charge on any atom is -0.493 e. The maximum absolute atomic E-state index is 11.5. The third-order valence-corrected chi connectivity index (χ3v) is 4.52. The smallest absolute Gasteiger partial charge is 0.303 e. The molecule has 1 aromatic heterocycles. The van der Waals surface area contributed by atoms with E-state index in [1.54, 1.807) is 43.7 Å². The predicted molar refractivity (Wildman–Crippen MR) is 139 cm³/mol. The number of imidazole rings is 1. The Kier molecular flexibility index (Phi) is 17.5. The summed E-state index contributed by atoms with van der Waals surface area (Å²) < 4.78 is 34.5. The second-order valence-corrected chi connectivity index (χ2v) is 7.65. The number of carbonyl (C=O) groups excluding carboxylic acids is 4. The molecule has 0 N–H and O–H groups in total. The highest BCUT2D eigenvalue weighted by atomic mass is 16.7. The number of aromatic nitrogens is 2. The van der Waals surface area contributed by atoms with Crippen molar-refractivity contribution in [2.75, 3.05) is 13.7 Å². The first kappa shape index (κ1) is 34.6. The van der Waals surface area contributed by atoms with Crippen LogP contribution < -0.4 is 9.47 Å². The standard InChI is InChI=1S/C19H24O9.C4H6N2.C3H4.CH2O/c1-11(20)24-10-17-19(26-13(3)22)16(25-12(2)21)9-18(28-17)27-15-8-6-5-7-14(15)23-4;1-6-3-2-5-4-6;1-3-2;1-2/h5-8,16-19H,9-10H2,1-4H3;2-4H,1H3;1H,2H3;1H2. The van der Waals surface area contributed by atoms with Crippen LogP contribution in [0.1, 0.15) is 34.1 Å². The molecule has 2 aromatic rings. The molecule has 2 heterocycles. The second kappa shape index (κ2) is 19.7. The number of terminal acetylenes is 1. The average Bonchev–Trinajstić information content (AvgIpc) is 3.37. The van der Waals surface area contributed by atoms with Gasteiger partial charge in [0.15, 0.2) is 17.6 Å². The van der Waals surface area contributed by atoms with Gasteiger partial charge in [-0.3, -0.25) is 14.4 Å². The number of esters is 3. The zero-order valence-corrected chi connectivity index (χ0v) is 23.0. The summed E-state index contributed by atoms with van der Waals surface area (Å²) in [5.74, 6) is 1.51. The number of rotatable bonds is 7. The van der Waals surface area contributed by atoms with Crippen molar-refractivity contribution in [3.8, 4) is 23.8 Å². The Hall–Kier alpha value is -4.37. The van der Waals surface area contributed by atoms with Crippen LogP contribution in [-0.2, 0) is 45.2 Å². The number of aryl methyl sites for hydroxylation is 1. The van der Waals surface area contributed by atoms with Crippen molar-refractivity contribution in [3.05, 3.63) is 43.0 Å². The SMILES string of the molecule is C#CC.C=O.COc1ccccc1OC1CC(OC(C)=O)C(OC(C)=O)C(COC(C)=O)O1.Cn1ccnc1. The van der Waals surface area contributed by atoms with Crippen molar-refractivity contribution in [1.29, 1.82) is 0 Å². The van der Waals surface area contributed by atoms with Crippen LogP contribution in [0.2, 0.25) is 0 Å². The van der Waals surface area contributed by atoms with Gasteiger partial charge in [-0.1, -0.05) is 12.1 Å². The van der Waals surface area contributed by atoms with Gasteiger partial charge in [-0.15, -0.1) is 12.3 Å². The first-order valence-corrected chi connectivity index (χ1v) is 11.6. The minimum atomic E-state index is -0.946. The van der Waals surface area contributed by atoms with Gasteiger partial charge in [-0.25, -0.2) is 4.98 Å². The van der Waals surface area contributed by atoms with E-state index in [4.69, 9.17) is 33.2 Å². The largest absolute Gasteiger partial charge is 0.493 e. The quantitative estimate of drug-likeness (QED) is 0.286. The topological polar surface area (TPSA) is 141 Å². The maximum atomic E-state index is 11.5. The van der Waals surface area contributed by atoms with Crippen LogP contribution >= 0.6 is 0 Å². The van der Waals surface area contributed by atoms with Crippen molar-refractivity contribution < 1.29 is 47.6 Å². The zero-order valence-electron chi connectivity index (χ0n) is 23.0. The fraction of sp³-hybridized carbons (Fsp3) is 0.444. The highest BCUT2D eigenvalue weighted by Gasteiger charge is 2.44. The molecule has 1 aliphatic rings. The van der Waals surface area contributed by atoms with Crippen LogP contribution in [0.3, 0.4) is 0 Å². The van der Waals surface area contributed by atoms with Crippen LogP contribution in [0.25, 0.3) is 0 Å². The highest BCUT2D eigenvalue weighted by Crippen LogP contribution is 2.32. The lowest BCUT2D eigenvalue weighted by atomic mass is 10.0. The van der Waals surface area contributed by atoms with Gasteiger partial charge in [0.25, 0.3) is 0 Å². The number of hydrogen-bond donors (Lipinski definition) is 0. The molecular weight excluding hydrogens is 512 g/mol. The summed E-state index contributed by atoms with van der Waals surface area (Å²) in [6, 6.07) is 6.97. The van der Waals surface area contributed by atoms with E-state index in [0.717, 1.165) is 0 Å². The molecule has 4 unspecified atom stereocenters. The Morgan fingerprint density at radius 1 is 1.10 bits per heavy atom. The Morgan fingerprint density at radius 2 is 1.69 bits per heavy atom. The second-order valence-electron chi connectivity index (χ2n) is 7.65. The molecule has 0 aliphatic carbocycles. The lowest BCUT2D eigenvalue weighted by Crippen LogP contribution is -2.54. The Morgan fingerprint density at radius 3 is 2.13 bits per heavy atom. The number of para-hydroxylation sites is 2. The van der Waals surface area contributed by atoms with Crippen molar-refractivity contribution in [2.45, 2.75) is 58.7 Å². The number of nitrogens with zero attached hydrogens (tertiary/aromatic N) is 2. The Labute approximate surface area is 228 Å². The molecular formula is C27H36N2O10. The molecule has 1 aliphatic heterocycles. The fourth-order valence-electron chi connectivity index (χ4n) is 3.16. The van der Waals surface area contributed by atoms with Crippen molar-refractivity contribution in [3.63, 3.8) is 0 Å². The maximum Gasteiger partial charge on any atom is 0.303 e. The number of ether oxygens (including phenoxy) is 6. The van der Waals surface area contributed by atoms with E-state index in [2.05, 4.69) is 17.3 Å². The molecule has 1 saturated heterocycles. The summed E-state index contributed by atoms with van der Waals surface area (Å²) in [7, 11) is 3.44. The lowest BCUT2D eigenvalue weighted by molar-refractivity contribution is -0.246. The number of benzene rings is 1. The van der Waals surface area contributed by atoms with E-state index >= 15 is 0 Å². The lowest BCUT2D eigenvalue weighted by Gasteiger charge is -2.39. The molecule has 1 aromatic carbocycles. The molecule has 4 atom stereocenters. The van der Waals surface area contributed by atoms with Gasteiger partial charge in [-0.05, 0) is 19.1 Å². The highest BCUT2D eigenvalue weighted by molar-refractivity contribution is 5.67. The molecule has 0 amide bonds. The van der Waals surface area contributed by atoms with E-state index in [0.29, 0.717) is 11.5 Å². The molecule has 39 heavy (non-hydrogen) atoms. The molecule has 3 rings (SSSR count). The summed E-state index contributed by atoms with van der Waals surface area (Å²) in [5, 5.41) is 0. The van der Waals surface area contributed by atoms with Gasteiger partial charge < -0.3 is 37.8 Å². The molecule has 214 valence electrons. The number of hydrogen-bond acceptors (Lipinski definition) is 11. The fourth-order valence-corrected chi connectivity index (χ4v) is 3.16. The van der Waals surface area contributed by atoms with E-state index in [1.807, 2.05) is 24.6 Å². The third kappa shape index (κ3) is 14.2. The van der Waals surface area contributed by atoms with Crippen LogP contribution in [0, 0.1) is 12.3 Å². The van der Waals surface area contributed by atoms with Gasteiger partial charge in [-0.2, -0.15) is 0 Å². The Bertz CT molecular complexity index is 1040. The minimum absolute atomic E-state index is 0.103. The summed E-state index contributed by atoms with van der Waals surface area (Å²) in [6.45, 7) is 7.18. The number of methoxy groups -OCH3 is 1. The molecule has 12 heteroatoms. The first-order valence-electron chi connectivity index (χ1n) is 11.6. The van der Waals surface area contributed by atoms with Crippen LogP contribution in [0.4, 0.5) is 0 Å². The molecule has 12 nitrogen and oxygen atoms in total. The van der Waals surface area contributed by atoms with Gasteiger partial charge in [0.05, 0.1) is 19.9 Å². The first-order chi connectivity index (χ1) is 18.6. The van der Waals surface area contributed by atoms with E-state index in [9.17, 15) is 14.4 Å². The van der Waals surface area contributed by atoms with E-state index in [1.165, 1.54) is 27.9 Å². The van der Waals surface area contributed by atoms with Crippen molar-refractivity contribution >= 4 is 24.7 Å².